The Morgan fingerprint density at radius 2 is 1.87 bits per heavy atom. The maximum Gasteiger partial charge on any atom is 0.229 e. The van der Waals surface area contributed by atoms with Gasteiger partial charge in [0, 0.05) is 44.0 Å². The van der Waals surface area contributed by atoms with Crippen LogP contribution in [0.25, 0.3) is 0 Å². The van der Waals surface area contributed by atoms with Crippen molar-refractivity contribution in [2.75, 3.05) is 50.2 Å². The Bertz CT molecular complexity index is 894. The first-order valence-corrected chi connectivity index (χ1v) is 10.3. The standard InChI is InChI=1S/C23H27N3O4/c1-29-20-8-6-19(7-9-20)26-16-18(14-22(26)27)23(28)24-21-5-3-2-4-17(21)15-25-10-12-30-13-11-25/h2-9,18H,10-16H2,1H3,(H,24,28). The monoisotopic (exact) mass is 409 g/mol. The molecule has 2 aromatic carbocycles. The molecule has 4 rings (SSSR count). The molecule has 0 spiro atoms. The second-order valence-corrected chi connectivity index (χ2v) is 7.64. The molecule has 0 saturated carbocycles. The number of hydrogen-bond donors (Lipinski definition) is 1. The van der Waals surface area contributed by atoms with Gasteiger partial charge in [0.2, 0.25) is 11.8 Å². The summed E-state index contributed by atoms with van der Waals surface area (Å²) in [6.07, 6.45) is 0.212. The SMILES string of the molecule is COc1ccc(N2CC(C(=O)Nc3ccccc3CN3CCOCC3)CC2=O)cc1. The van der Waals surface area contributed by atoms with E-state index in [0.29, 0.717) is 6.54 Å². The molecule has 0 radical (unpaired) electrons. The lowest BCUT2D eigenvalue weighted by Crippen LogP contribution is -2.36. The minimum absolute atomic E-state index is 0.0399. The summed E-state index contributed by atoms with van der Waals surface area (Å²) in [5.74, 6) is 0.198. The van der Waals surface area contributed by atoms with E-state index in [-0.39, 0.29) is 24.2 Å². The van der Waals surface area contributed by atoms with Crippen molar-refractivity contribution >= 4 is 23.2 Å². The van der Waals surface area contributed by atoms with Gasteiger partial charge in [0.1, 0.15) is 5.75 Å². The quantitative estimate of drug-likeness (QED) is 0.794. The van der Waals surface area contributed by atoms with Crippen LogP contribution in [-0.4, -0.2) is 56.7 Å². The predicted molar refractivity (Wildman–Crippen MR) is 115 cm³/mol. The van der Waals surface area contributed by atoms with Gasteiger partial charge in [0.15, 0.2) is 0 Å². The Labute approximate surface area is 176 Å². The number of nitrogens with one attached hydrogen (secondary N) is 1. The number of anilines is 2. The lowest BCUT2D eigenvalue weighted by molar-refractivity contribution is -0.122. The second kappa shape index (κ2) is 9.28. The molecule has 2 aromatic rings. The number of methoxy groups -OCH3 is 1. The second-order valence-electron chi connectivity index (χ2n) is 7.64. The van der Waals surface area contributed by atoms with Gasteiger partial charge in [-0.05, 0) is 35.9 Å². The third-order valence-corrected chi connectivity index (χ3v) is 5.65. The van der Waals surface area contributed by atoms with Crippen LogP contribution in [0.4, 0.5) is 11.4 Å². The van der Waals surface area contributed by atoms with Crippen molar-refractivity contribution in [3.05, 3.63) is 54.1 Å². The molecule has 2 heterocycles. The third kappa shape index (κ3) is 4.63. The van der Waals surface area contributed by atoms with E-state index in [9.17, 15) is 9.59 Å². The summed E-state index contributed by atoms with van der Waals surface area (Å²) in [6, 6.07) is 15.2. The minimum Gasteiger partial charge on any atom is -0.497 e. The Balaban J connectivity index is 1.41. The summed E-state index contributed by atoms with van der Waals surface area (Å²) in [7, 11) is 1.60. The molecule has 1 unspecified atom stereocenters. The number of nitrogens with zero attached hydrogens (tertiary/aromatic N) is 2. The number of benzene rings is 2. The van der Waals surface area contributed by atoms with Gasteiger partial charge < -0.3 is 19.7 Å². The Hall–Kier alpha value is -2.90. The van der Waals surface area contributed by atoms with Gasteiger partial charge in [0.05, 0.1) is 26.2 Å². The highest BCUT2D eigenvalue weighted by Crippen LogP contribution is 2.28. The zero-order chi connectivity index (χ0) is 20.9. The molecule has 2 saturated heterocycles. The van der Waals surface area contributed by atoms with Crippen LogP contribution in [0.1, 0.15) is 12.0 Å². The van der Waals surface area contributed by atoms with Crippen molar-refractivity contribution in [2.45, 2.75) is 13.0 Å². The van der Waals surface area contributed by atoms with Crippen molar-refractivity contribution in [2.24, 2.45) is 5.92 Å². The minimum atomic E-state index is -0.379. The van der Waals surface area contributed by atoms with Crippen molar-refractivity contribution in [3.8, 4) is 5.75 Å². The number of amides is 2. The van der Waals surface area contributed by atoms with Crippen molar-refractivity contribution in [1.82, 2.24) is 4.90 Å². The largest absolute Gasteiger partial charge is 0.497 e. The number of hydrogen-bond acceptors (Lipinski definition) is 5. The van der Waals surface area contributed by atoms with E-state index in [1.807, 2.05) is 48.5 Å². The number of rotatable bonds is 6. The summed E-state index contributed by atoms with van der Waals surface area (Å²) in [5.41, 5.74) is 2.66. The first-order valence-electron chi connectivity index (χ1n) is 10.3. The Kier molecular flexibility index (Phi) is 6.30. The number of carbonyl (C=O) groups excluding carboxylic acids is 2. The fourth-order valence-electron chi connectivity index (χ4n) is 3.91. The van der Waals surface area contributed by atoms with Gasteiger partial charge in [-0.15, -0.1) is 0 Å². The normalized spacial score (nSPS) is 19.7. The van der Waals surface area contributed by atoms with Crippen LogP contribution >= 0.6 is 0 Å². The number of para-hydroxylation sites is 1. The summed E-state index contributed by atoms with van der Waals surface area (Å²) in [4.78, 5) is 29.4. The van der Waals surface area contributed by atoms with Crippen LogP contribution in [0, 0.1) is 5.92 Å². The van der Waals surface area contributed by atoms with Gasteiger partial charge in [0.25, 0.3) is 0 Å². The number of ether oxygens (including phenoxy) is 2. The fraction of sp³-hybridized carbons (Fsp3) is 0.391. The van der Waals surface area contributed by atoms with Crippen molar-refractivity contribution in [3.63, 3.8) is 0 Å². The van der Waals surface area contributed by atoms with Crippen LogP contribution in [0.5, 0.6) is 5.75 Å². The average molecular weight is 409 g/mol. The molecular formula is C23H27N3O4. The van der Waals surface area contributed by atoms with Crippen LogP contribution in [0.2, 0.25) is 0 Å². The van der Waals surface area contributed by atoms with E-state index in [4.69, 9.17) is 9.47 Å². The molecule has 158 valence electrons. The summed E-state index contributed by atoms with van der Waals surface area (Å²) < 4.78 is 10.6. The molecule has 0 aromatic heterocycles. The third-order valence-electron chi connectivity index (χ3n) is 5.65. The van der Waals surface area contributed by atoms with E-state index >= 15 is 0 Å². The molecule has 2 fully saturated rings. The van der Waals surface area contributed by atoms with Crippen molar-refractivity contribution in [1.29, 1.82) is 0 Å². The van der Waals surface area contributed by atoms with Crippen LogP contribution < -0.4 is 15.0 Å². The lowest BCUT2D eigenvalue weighted by atomic mass is 10.1. The molecule has 1 atom stereocenters. The molecule has 7 heteroatoms. The fourth-order valence-corrected chi connectivity index (χ4v) is 3.91. The Morgan fingerprint density at radius 3 is 2.60 bits per heavy atom. The van der Waals surface area contributed by atoms with E-state index in [0.717, 1.165) is 55.5 Å². The maximum absolute atomic E-state index is 12.9. The smallest absolute Gasteiger partial charge is 0.229 e. The molecule has 0 bridgehead atoms. The molecule has 0 aliphatic carbocycles. The summed E-state index contributed by atoms with van der Waals surface area (Å²) in [5, 5.41) is 3.06. The topological polar surface area (TPSA) is 71.1 Å². The number of morpholine rings is 1. The highest BCUT2D eigenvalue weighted by molar-refractivity contribution is 6.03. The van der Waals surface area contributed by atoms with E-state index in [1.54, 1.807) is 12.0 Å². The molecule has 2 aliphatic rings. The first kappa shape index (κ1) is 20.4. The van der Waals surface area contributed by atoms with Gasteiger partial charge in [-0.1, -0.05) is 18.2 Å². The first-order chi connectivity index (χ1) is 14.6. The lowest BCUT2D eigenvalue weighted by Gasteiger charge is -2.27. The van der Waals surface area contributed by atoms with Gasteiger partial charge >= 0.3 is 0 Å². The number of carbonyl (C=O) groups is 2. The summed E-state index contributed by atoms with van der Waals surface area (Å²) >= 11 is 0. The predicted octanol–water partition coefficient (Wildman–Crippen LogP) is 2.52. The molecule has 1 N–H and O–H groups in total. The van der Waals surface area contributed by atoms with Crippen LogP contribution in [-0.2, 0) is 20.9 Å². The van der Waals surface area contributed by atoms with Gasteiger partial charge in [-0.3, -0.25) is 14.5 Å². The molecule has 2 amide bonds. The average Bonchev–Trinajstić information content (AvgIpc) is 3.18. The highest BCUT2D eigenvalue weighted by atomic mass is 16.5. The van der Waals surface area contributed by atoms with Crippen LogP contribution in [0.3, 0.4) is 0 Å². The van der Waals surface area contributed by atoms with Gasteiger partial charge in [-0.2, -0.15) is 0 Å². The molecule has 30 heavy (non-hydrogen) atoms. The van der Waals surface area contributed by atoms with Crippen LogP contribution in [0.15, 0.2) is 48.5 Å². The highest BCUT2D eigenvalue weighted by Gasteiger charge is 2.35. The van der Waals surface area contributed by atoms with E-state index in [2.05, 4.69) is 10.2 Å². The molecule has 7 nitrogen and oxygen atoms in total. The van der Waals surface area contributed by atoms with Gasteiger partial charge in [-0.25, -0.2) is 0 Å². The van der Waals surface area contributed by atoms with Crippen molar-refractivity contribution < 1.29 is 19.1 Å². The molecular weight excluding hydrogens is 382 g/mol. The summed E-state index contributed by atoms with van der Waals surface area (Å²) in [6.45, 7) is 4.39. The molecule has 2 aliphatic heterocycles. The van der Waals surface area contributed by atoms with E-state index in [1.165, 1.54) is 0 Å². The zero-order valence-electron chi connectivity index (χ0n) is 17.2. The maximum atomic E-state index is 12.9. The Morgan fingerprint density at radius 1 is 1.13 bits per heavy atom. The van der Waals surface area contributed by atoms with E-state index < -0.39 is 0 Å². The zero-order valence-corrected chi connectivity index (χ0v) is 17.2.